The van der Waals surface area contributed by atoms with Gasteiger partial charge in [0.1, 0.15) is 36.0 Å². The Morgan fingerprint density at radius 2 is 1.34 bits per heavy atom. The van der Waals surface area contributed by atoms with Crippen molar-refractivity contribution in [2.24, 2.45) is 11.5 Å². The highest BCUT2D eigenvalue weighted by molar-refractivity contribution is 5.98. The fraction of sp³-hybridized carbons (Fsp3) is 0.409. The number of H-pyrrole nitrogens is 1. The number of amides is 6. The standard InChI is InChI=1S/C35H50N8O8.C9H9N/c1-21(44)30-34(50)41-27(19-22-8-4-3-5-9-22)35(51)43(2)28(15-17-37)33(49)40-26(18-23-11-13-24(45)14-12-23)31(47)38-20-29(46)39-25(32(48)42-30)10-6-7-16-36;1-7-6-10-9-5-3-2-4-8(7)9/h3-5,8-9,11-14,21,25-28,30,44-45H,6-7,10,15-20,36-37H2,1-2H3,(H,38,47)(H,39,46)(H,40,49)(H,41,50)(H,42,48);2-6,10H,1H3. The van der Waals surface area contributed by atoms with Gasteiger partial charge in [0.2, 0.25) is 35.4 Å². The van der Waals surface area contributed by atoms with Gasteiger partial charge in [0.25, 0.3) is 0 Å². The molecule has 61 heavy (non-hydrogen) atoms. The molecular formula is C44H59N9O8. The molecule has 12 N–H and O–H groups in total. The van der Waals surface area contributed by atoms with E-state index >= 15 is 0 Å². The molecule has 0 spiro atoms. The Bertz CT molecular complexity index is 2080. The van der Waals surface area contributed by atoms with E-state index in [2.05, 4.69) is 56.7 Å². The number of aliphatic hydroxyl groups excluding tert-OH is 1. The molecule has 4 aromatic rings. The van der Waals surface area contributed by atoms with Crippen molar-refractivity contribution in [1.29, 1.82) is 0 Å². The summed E-state index contributed by atoms with van der Waals surface area (Å²) in [5.41, 5.74) is 15.3. The first-order valence-corrected chi connectivity index (χ1v) is 20.4. The highest BCUT2D eigenvalue weighted by atomic mass is 16.3. The number of hydrogen-bond donors (Lipinski definition) is 10. The number of nitrogens with two attached hydrogens (primary N) is 2. The van der Waals surface area contributed by atoms with Crippen LogP contribution in [0.25, 0.3) is 10.9 Å². The molecule has 6 atom stereocenters. The van der Waals surface area contributed by atoms with Gasteiger partial charge < -0.3 is 58.1 Å². The number of phenolic OH excluding ortho intramolecular Hbond substituents is 1. The van der Waals surface area contributed by atoms with E-state index in [4.69, 9.17) is 11.5 Å². The molecule has 328 valence electrons. The number of carbonyl (C=O) groups excluding carboxylic acids is 6. The number of carbonyl (C=O) groups is 6. The SMILES string of the molecule is CC(O)C1NC(=O)C(CCCCN)NC(=O)CNC(=O)C(Cc2ccc(O)cc2)NC(=O)C(CCN)N(C)C(=O)C(Cc2ccccc2)NC1=O.Cc1c[nH]c2ccccc12. The van der Waals surface area contributed by atoms with Crippen LogP contribution in [-0.4, -0.2) is 119 Å². The molecule has 1 aromatic heterocycles. The molecule has 0 aliphatic carbocycles. The maximum absolute atomic E-state index is 14.1. The normalized spacial score (nSPS) is 21.4. The quantitative estimate of drug-likeness (QED) is 0.0930. The Kier molecular flexibility index (Phi) is 18.2. The Morgan fingerprint density at radius 1 is 0.705 bits per heavy atom. The van der Waals surface area contributed by atoms with Crippen LogP contribution in [0.3, 0.4) is 0 Å². The van der Waals surface area contributed by atoms with E-state index in [0.29, 0.717) is 30.5 Å². The number of benzene rings is 3. The van der Waals surface area contributed by atoms with Crippen LogP contribution in [0.5, 0.6) is 5.75 Å². The van der Waals surface area contributed by atoms with Gasteiger partial charge in [-0.3, -0.25) is 28.8 Å². The van der Waals surface area contributed by atoms with Crippen molar-refractivity contribution in [2.75, 3.05) is 26.7 Å². The van der Waals surface area contributed by atoms with E-state index in [1.165, 1.54) is 42.6 Å². The number of nitrogens with zero attached hydrogens (tertiary/aromatic N) is 1. The van der Waals surface area contributed by atoms with Crippen LogP contribution >= 0.6 is 0 Å². The van der Waals surface area contributed by atoms with Crippen LogP contribution in [0, 0.1) is 6.92 Å². The molecule has 0 radical (unpaired) electrons. The third-order valence-corrected chi connectivity index (χ3v) is 10.3. The summed E-state index contributed by atoms with van der Waals surface area (Å²) in [5, 5.41) is 34.6. The number of aryl methyl sites for hydroxylation is 1. The summed E-state index contributed by atoms with van der Waals surface area (Å²) < 4.78 is 0. The van der Waals surface area contributed by atoms with Crippen molar-refractivity contribution in [2.45, 2.75) is 88.7 Å². The van der Waals surface area contributed by atoms with Gasteiger partial charge in [-0.2, -0.15) is 0 Å². The van der Waals surface area contributed by atoms with Gasteiger partial charge >= 0.3 is 0 Å². The largest absolute Gasteiger partial charge is 0.508 e. The minimum atomic E-state index is -1.52. The second-order valence-electron chi connectivity index (χ2n) is 15.1. The molecule has 0 bridgehead atoms. The summed E-state index contributed by atoms with van der Waals surface area (Å²) in [4.78, 5) is 86.1. The van der Waals surface area contributed by atoms with Crippen LogP contribution in [0.2, 0.25) is 0 Å². The van der Waals surface area contributed by atoms with E-state index in [0.717, 1.165) is 4.90 Å². The number of aliphatic hydroxyl groups is 1. The van der Waals surface area contributed by atoms with E-state index in [1.807, 2.05) is 12.3 Å². The van der Waals surface area contributed by atoms with Crippen LogP contribution in [0.1, 0.15) is 49.3 Å². The van der Waals surface area contributed by atoms with Gasteiger partial charge in [0.15, 0.2) is 0 Å². The first-order chi connectivity index (χ1) is 29.2. The number of aromatic amines is 1. The van der Waals surface area contributed by atoms with Gasteiger partial charge in [0.05, 0.1) is 12.6 Å². The Hall–Kier alpha value is -6.30. The molecule has 17 heteroatoms. The van der Waals surface area contributed by atoms with E-state index in [-0.39, 0.29) is 38.0 Å². The van der Waals surface area contributed by atoms with Crippen molar-refractivity contribution in [3.63, 3.8) is 0 Å². The van der Waals surface area contributed by atoms with Crippen molar-refractivity contribution in [1.82, 2.24) is 36.5 Å². The molecule has 3 aromatic carbocycles. The Labute approximate surface area is 355 Å². The molecule has 17 nitrogen and oxygen atoms in total. The van der Waals surface area contributed by atoms with Crippen molar-refractivity contribution < 1.29 is 39.0 Å². The predicted molar refractivity (Wildman–Crippen MR) is 231 cm³/mol. The average Bonchev–Trinajstić information content (AvgIpc) is 3.63. The number of para-hydroxylation sites is 1. The fourth-order valence-corrected chi connectivity index (χ4v) is 6.89. The topological polar surface area (TPSA) is 274 Å². The van der Waals surface area contributed by atoms with Crippen LogP contribution in [0.15, 0.2) is 85.1 Å². The second kappa shape index (κ2) is 23.5. The van der Waals surface area contributed by atoms with Crippen molar-refractivity contribution in [3.05, 3.63) is 102 Å². The van der Waals surface area contributed by atoms with Crippen LogP contribution in [-0.2, 0) is 41.6 Å². The van der Waals surface area contributed by atoms with Crippen molar-refractivity contribution >= 4 is 46.3 Å². The zero-order chi connectivity index (χ0) is 44.5. The number of phenols is 1. The van der Waals surface area contributed by atoms with Crippen LogP contribution < -0.4 is 38.1 Å². The zero-order valence-corrected chi connectivity index (χ0v) is 34.9. The summed E-state index contributed by atoms with van der Waals surface area (Å²) in [7, 11) is 1.38. The van der Waals surface area contributed by atoms with Gasteiger partial charge in [-0.25, -0.2) is 0 Å². The highest BCUT2D eigenvalue weighted by Crippen LogP contribution is 2.16. The Balaban J connectivity index is 0.000000706. The number of rotatable bonds is 11. The molecule has 5 rings (SSSR count). The smallest absolute Gasteiger partial charge is 0.245 e. The highest BCUT2D eigenvalue weighted by Gasteiger charge is 2.37. The zero-order valence-electron chi connectivity index (χ0n) is 34.9. The summed E-state index contributed by atoms with van der Waals surface area (Å²) in [6.07, 6.45) is 1.69. The molecule has 6 unspecified atom stereocenters. The fourth-order valence-electron chi connectivity index (χ4n) is 6.89. The first-order valence-electron chi connectivity index (χ1n) is 20.4. The number of fused-ring (bicyclic) bond motifs is 1. The van der Waals surface area contributed by atoms with Gasteiger partial charge in [-0.1, -0.05) is 60.7 Å². The van der Waals surface area contributed by atoms with Crippen molar-refractivity contribution in [3.8, 4) is 5.75 Å². The molecule has 6 amide bonds. The lowest BCUT2D eigenvalue weighted by atomic mass is 10.0. The lowest BCUT2D eigenvalue weighted by Gasteiger charge is -2.33. The summed E-state index contributed by atoms with van der Waals surface area (Å²) in [6.45, 7) is 3.17. The monoisotopic (exact) mass is 841 g/mol. The van der Waals surface area contributed by atoms with Gasteiger partial charge in [-0.05, 0) is 87.5 Å². The first kappa shape index (κ1) is 47.4. The average molecular weight is 842 g/mol. The number of nitrogens with one attached hydrogen (secondary N) is 6. The number of aromatic hydroxyl groups is 1. The molecule has 0 saturated carbocycles. The van der Waals surface area contributed by atoms with Gasteiger partial charge in [0, 0.05) is 37.0 Å². The van der Waals surface area contributed by atoms with E-state index in [1.54, 1.807) is 42.5 Å². The minimum Gasteiger partial charge on any atom is -0.508 e. The maximum atomic E-state index is 14.1. The molecule has 1 saturated heterocycles. The number of likely N-dealkylation sites (N-methyl/N-ethyl adjacent to an activating group) is 1. The third kappa shape index (κ3) is 14.2. The number of aromatic nitrogens is 1. The van der Waals surface area contributed by atoms with E-state index < -0.39 is 78.3 Å². The predicted octanol–water partition coefficient (Wildman–Crippen LogP) is 0.408. The molecule has 1 aliphatic rings. The molecule has 1 aliphatic heterocycles. The second-order valence-corrected chi connectivity index (χ2v) is 15.1. The summed E-state index contributed by atoms with van der Waals surface area (Å²) in [5.74, 6) is -4.45. The van der Waals surface area contributed by atoms with E-state index in [9.17, 15) is 39.0 Å². The number of hydrogen-bond acceptors (Lipinski definition) is 10. The minimum absolute atomic E-state index is 0.00117. The van der Waals surface area contributed by atoms with Crippen LogP contribution in [0.4, 0.5) is 0 Å². The maximum Gasteiger partial charge on any atom is 0.245 e. The third-order valence-electron chi connectivity index (χ3n) is 10.3. The van der Waals surface area contributed by atoms with Gasteiger partial charge in [-0.15, -0.1) is 0 Å². The lowest BCUT2D eigenvalue weighted by Crippen LogP contribution is -2.62. The summed E-state index contributed by atoms with van der Waals surface area (Å²) >= 11 is 0. The Morgan fingerprint density at radius 3 is 2.00 bits per heavy atom. The summed E-state index contributed by atoms with van der Waals surface area (Å²) in [6, 6.07) is 16.8. The lowest BCUT2D eigenvalue weighted by molar-refractivity contribution is -0.143. The molecular weight excluding hydrogens is 783 g/mol. The number of unbranched alkanes of at least 4 members (excludes halogenated alkanes) is 1. The molecule has 2 heterocycles. The molecule has 1 fully saturated rings.